The lowest BCUT2D eigenvalue weighted by Crippen LogP contribution is -2.34. The Bertz CT molecular complexity index is 809. The topological polar surface area (TPSA) is 67.9 Å². The Morgan fingerprint density at radius 1 is 1.00 bits per heavy atom. The molecule has 0 aliphatic carbocycles. The molecule has 6 nitrogen and oxygen atoms in total. The molecule has 7 heteroatoms. The molecule has 0 heterocycles. The molecule has 2 rings (SSSR count). The summed E-state index contributed by atoms with van der Waals surface area (Å²) in [5.74, 6) is 0.705. The molecule has 0 atom stereocenters. The highest BCUT2D eigenvalue weighted by Crippen LogP contribution is 2.30. The van der Waals surface area contributed by atoms with Crippen molar-refractivity contribution in [1.82, 2.24) is 4.90 Å². The number of carbonyl (C=O) groups is 2. The van der Waals surface area contributed by atoms with Crippen LogP contribution >= 0.6 is 11.8 Å². The lowest BCUT2D eigenvalue weighted by Gasteiger charge is -2.18. The van der Waals surface area contributed by atoms with E-state index in [-0.39, 0.29) is 18.4 Å². The van der Waals surface area contributed by atoms with Crippen molar-refractivity contribution < 1.29 is 19.1 Å². The van der Waals surface area contributed by atoms with Gasteiger partial charge in [-0.05, 0) is 56.5 Å². The zero-order valence-electron chi connectivity index (χ0n) is 16.7. The molecule has 0 saturated heterocycles. The van der Waals surface area contributed by atoms with E-state index in [2.05, 4.69) is 5.32 Å². The lowest BCUT2D eigenvalue weighted by molar-refractivity contribution is -0.116. The number of ether oxygens (including phenoxy) is 2. The van der Waals surface area contributed by atoms with E-state index in [1.54, 1.807) is 49.1 Å². The van der Waals surface area contributed by atoms with E-state index in [9.17, 15) is 9.59 Å². The van der Waals surface area contributed by atoms with Crippen LogP contribution in [0.2, 0.25) is 0 Å². The molecular formula is C21H26N2O4S. The minimum atomic E-state index is -0.289. The van der Waals surface area contributed by atoms with Crippen molar-refractivity contribution in [2.75, 3.05) is 38.4 Å². The highest BCUT2D eigenvalue weighted by molar-refractivity contribution is 7.98. The molecule has 28 heavy (non-hydrogen) atoms. The molecule has 0 bridgehead atoms. The first-order valence-electron chi connectivity index (χ1n) is 9.07. The fourth-order valence-electron chi connectivity index (χ4n) is 2.57. The third kappa shape index (κ3) is 5.92. The smallest absolute Gasteiger partial charge is 0.254 e. The molecule has 0 unspecified atom stereocenters. The molecule has 2 aromatic carbocycles. The monoisotopic (exact) mass is 402 g/mol. The zero-order valence-corrected chi connectivity index (χ0v) is 17.5. The molecule has 0 aliphatic rings. The number of hydrogen-bond acceptors (Lipinski definition) is 5. The molecule has 150 valence electrons. The van der Waals surface area contributed by atoms with Gasteiger partial charge >= 0.3 is 0 Å². The van der Waals surface area contributed by atoms with E-state index in [0.717, 1.165) is 4.90 Å². The number of thioether (sulfide) groups is 1. The van der Waals surface area contributed by atoms with Gasteiger partial charge in [-0.25, -0.2) is 0 Å². The van der Waals surface area contributed by atoms with Gasteiger partial charge in [-0.1, -0.05) is 0 Å². The van der Waals surface area contributed by atoms with E-state index in [0.29, 0.717) is 36.0 Å². The minimum absolute atomic E-state index is 0.0553. The first-order valence-corrected chi connectivity index (χ1v) is 10.3. The molecular weight excluding hydrogens is 376 g/mol. The van der Waals surface area contributed by atoms with Crippen LogP contribution in [0.1, 0.15) is 24.2 Å². The third-order valence-corrected chi connectivity index (χ3v) is 4.64. The van der Waals surface area contributed by atoms with Gasteiger partial charge in [-0.15, -0.1) is 11.8 Å². The van der Waals surface area contributed by atoms with Gasteiger partial charge in [-0.3, -0.25) is 9.59 Å². The maximum atomic E-state index is 12.5. The molecule has 0 aromatic heterocycles. The summed E-state index contributed by atoms with van der Waals surface area (Å²) >= 11 is 1.61. The Morgan fingerprint density at radius 2 is 1.64 bits per heavy atom. The first-order chi connectivity index (χ1) is 13.5. The summed E-state index contributed by atoms with van der Waals surface area (Å²) < 4.78 is 11.1. The van der Waals surface area contributed by atoms with Gasteiger partial charge in [0.2, 0.25) is 5.91 Å². The van der Waals surface area contributed by atoms with Gasteiger partial charge in [0.15, 0.2) is 11.5 Å². The Hall–Kier alpha value is -2.67. The van der Waals surface area contributed by atoms with Crippen LogP contribution in [0.15, 0.2) is 47.4 Å². The SMILES string of the molecule is CCOc1ccc(NC(=O)CN(C)C(=O)c2ccc(SC)cc2)cc1OCC. The van der Waals surface area contributed by atoms with E-state index in [1.165, 1.54) is 4.90 Å². The Labute approximate surface area is 170 Å². The molecule has 2 amide bonds. The summed E-state index contributed by atoms with van der Waals surface area (Å²) in [7, 11) is 1.61. The summed E-state index contributed by atoms with van der Waals surface area (Å²) in [5.41, 5.74) is 1.13. The maximum absolute atomic E-state index is 12.5. The molecule has 0 fully saturated rings. The number of carbonyl (C=O) groups excluding carboxylic acids is 2. The van der Waals surface area contributed by atoms with Crippen molar-refractivity contribution in [3.05, 3.63) is 48.0 Å². The number of hydrogen-bond donors (Lipinski definition) is 1. The highest BCUT2D eigenvalue weighted by Gasteiger charge is 2.16. The molecule has 0 aliphatic heterocycles. The van der Waals surface area contributed by atoms with Crippen LogP contribution in [0.3, 0.4) is 0 Å². The molecule has 0 saturated carbocycles. The molecule has 0 radical (unpaired) electrons. The predicted molar refractivity (Wildman–Crippen MR) is 113 cm³/mol. The first kappa shape index (κ1) is 21.6. The number of likely N-dealkylation sites (N-methyl/N-ethyl adjacent to an activating group) is 1. The molecule has 1 N–H and O–H groups in total. The van der Waals surface area contributed by atoms with Crippen LogP contribution in [0.25, 0.3) is 0 Å². The van der Waals surface area contributed by atoms with Crippen LogP contribution in [-0.2, 0) is 4.79 Å². The highest BCUT2D eigenvalue weighted by atomic mass is 32.2. The average Bonchev–Trinajstić information content (AvgIpc) is 2.69. The average molecular weight is 403 g/mol. The van der Waals surface area contributed by atoms with Gasteiger partial charge in [0.05, 0.1) is 19.8 Å². The summed E-state index contributed by atoms with van der Waals surface area (Å²) in [5, 5.41) is 2.79. The number of nitrogens with one attached hydrogen (secondary N) is 1. The van der Waals surface area contributed by atoms with E-state index in [4.69, 9.17) is 9.47 Å². The summed E-state index contributed by atoms with van der Waals surface area (Å²) in [6, 6.07) is 12.5. The summed E-state index contributed by atoms with van der Waals surface area (Å²) in [6.07, 6.45) is 1.98. The number of benzene rings is 2. The zero-order chi connectivity index (χ0) is 20.5. The number of nitrogens with zero attached hydrogens (tertiary/aromatic N) is 1. The van der Waals surface area contributed by atoms with Crippen LogP contribution in [0.5, 0.6) is 11.5 Å². The van der Waals surface area contributed by atoms with Crippen LogP contribution in [0, 0.1) is 0 Å². The van der Waals surface area contributed by atoms with Crippen molar-refractivity contribution in [2.45, 2.75) is 18.7 Å². The standard InChI is InChI=1S/C21H26N2O4S/c1-5-26-18-12-9-16(13-19(18)27-6-2)22-20(24)14-23(3)21(25)15-7-10-17(28-4)11-8-15/h7-13H,5-6,14H2,1-4H3,(H,22,24). The van der Waals surface area contributed by atoms with Crippen LogP contribution in [-0.4, -0.2) is 49.8 Å². The fraction of sp³-hybridized carbons (Fsp3) is 0.333. The number of amides is 2. The van der Waals surface area contributed by atoms with E-state index >= 15 is 0 Å². The second-order valence-corrected chi connectivity index (χ2v) is 6.85. The molecule has 0 spiro atoms. The Balaban J connectivity index is 2.00. The van der Waals surface area contributed by atoms with Crippen molar-refractivity contribution in [1.29, 1.82) is 0 Å². The van der Waals surface area contributed by atoms with E-state index < -0.39 is 0 Å². The Morgan fingerprint density at radius 3 is 2.25 bits per heavy atom. The van der Waals surface area contributed by atoms with Crippen molar-refractivity contribution in [2.24, 2.45) is 0 Å². The summed E-state index contributed by atoms with van der Waals surface area (Å²) in [4.78, 5) is 27.3. The summed E-state index contributed by atoms with van der Waals surface area (Å²) in [6.45, 7) is 4.74. The quantitative estimate of drug-likeness (QED) is 0.644. The van der Waals surface area contributed by atoms with Gasteiger partial charge < -0.3 is 19.7 Å². The number of anilines is 1. The van der Waals surface area contributed by atoms with Crippen LogP contribution < -0.4 is 14.8 Å². The maximum Gasteiger partial charge on any atom is 0.254 e. The second-order valence-electron chi connectivity index (χ2n) is 5.97. The van der Waals surface area contributed by atoms with Crippen molar-refractivity contribution in [3.63, 3.8) is 0 Å². The van der Waals surface area contributed by atoms with Gasteiger partial charge in [-0.2, -0.15) is 0 Å². The normalized spacial score (nSPS) is 10.3. The molecule has 2 aromatic rings. The van der Waals surface area contributed by atoms with E-state index in [1.807, 2.05) is 32.2 Å². The van der Waals surface area contributed by atoms with Gasteiger partial charge in [0.1, 0.15) is 0 Å². The van der Waals surface area contributed by atoms with Crippen molar-refractivity contribution >= 4 is 29.3 Å². The van der Waals surface area contributed by atoms with Crippen LogP contribution in [0.4, 0.5) is 5.69 Å². The minimum Gasteiger partial charge on any atom is -0.490 e. The lowest BCUT2D eigenvalue weighted by atomic mass is 10.2. The third-order valence-electron chi connectivity index (χ3n) is 3.89. The Kier molecular flexibility index (Phi) is 8.19. The fourth-order valence-corrected chi connectivity index (χ4v) is 2.98. The van der Waals surface area contributed by atoms with Crippen molar-refractivity contribution in [3.8, 4) is 11.5 Å². The predicted octanol–water partition coefficient (Wildman–Crippen LogP) is 3.92. The van der Waals surface area contributed by atoms with Gasteiger partial charge in [0.25, 0.3) is 5.91 Å². The number of rotatable bonds is 9. The van der Waals surface area contributed by atoms with Gasteiger partial charge in [0, 0.05) is 29.3 Å². The largest absolute Gasteiger partial charge is 0.490 e. The second kappa shape index (κ2) is 10.6.